The zero-order valence-electron chi connectivity index (χ0n) is 14.9. The highest BCUT2D eigenvalue weighted by Crippen LogP contribution is 2.30. The molecule has 1 nitrogen and oxygen atoms in total. The summed E-state index contributed by atoms with van der Waals surface area (Å²) in [5, 5.41) is 0. The Morgan fingerprint density at radius 2 is 1.19 bits per heavy atom. The topological polar surface area (TPSA) is 9.23 Å². The van der Waals surface area contributed by atoms with Crippen molar-refractivity contribution in [2.45, 2.75) is 116 Å². The van der Waals surface area contributed by atoms with Crippen molar-refractivity contribution < 1.29 is 4.74 Å². The van der Waals surface area contributed by atoms with Crippen molar-refractivity contribution in [3.63, 3.8) is 0 Å². The summed E-state index contributed by atoms with van der Waals surface area (Å²) in [5.74, 6) is 0.881. The summed E-state index contributed by atoms with van der Waals surface area (Å²) in [6.45, 7) is 5.61. The molecular formula is C20H40O. The summed E-state index contributed by atoms with van der Waals surface area (Å²) in [7, 11) is 0. The van der Waals surface area contributed by atoms with Crippen LogP contribution in [0.4, 0.5) is 0 Å². The fourth-order valence-corrected chi connectivity index (χ4v) is 3.65. The maximum absolute atomic E-state index is 5.99. The second-order valence-corrected chi connectivity index (χ2v) is 7.07. The van der Waals surface area contributed by atoms with Crippen LogP contribution < -0.4 is 0 Å². The zero-order chi connectivity index (χ0) is 15.2. The van der Waals surface area contributed by atoms with E-state index in [-0.39, 0.29) is 0 Å². The first-order chi connectivity index (χ1) is 10.4. The molecule has 1 fully saturated rings. The lowest BCUT2D eigenvalue weighted by Crippen LogP contribution is -2.15. The van der Waals surface area contributed by atoms with Crippen molar-refractivity contribution in [3.05, 3.63) is 0 Å². The molecule has 0 aromatic rings. The first kappa shape index (κ1) is 19.0. The molecule has 0 aliphatic carbocycles. The Hall–Kier alpha value is -0.0400. The summed E-state index contributed by atoms with van der Waals surface area (Å²) < 4.78 is 5.99. The molecule has 21 heavy (non-hydrogen) atoms. The average molecular weight is 297 g/mol. The molecule has 0 aromatic carbocycles. The van der Waals surface area contributed by atoms with E-state index in [1.807, 2.05) is 0 Å². The Morgan fingerprint density at radius 1 is 0.667 bits per heavy atom. The van der Waals surface area contributed by atoms with Crippen LogP contribution in [0.5, 0.6) is 0 Å². The minimum absolute atomic E-state index is 0.604. The van der Waals surface area contributed by atoms with Gasteiger partial charge < -0.3 is 4.74 Å². The Labute approximate surface area is 134 Å². The summed E-state index contributed by atoms with van der Waals surface area (Å²) in [4.78, 5) is 0. The predicted octanol–water partition coefficient (Wildman–Crippen LogP) is 6.89. The Morgan fingerprint density at radius 3 is 1.81 bits per heavy atom. The van der Waals surface area contributed by atoms with E-state index in [9.17, 15) is 0 Å². The summed E-state index contributed by atoms with van der Waals surface area (Å²) in [5.41, 5.74) is 0. The molecule has 1 aliphatic rings. The average Bonchev–Trinajstić information content (AvgIpc) is 2.94. The lowest BCUT2D eigenvalue weighted by molar-refractivity contribution is 0.0785. The van der Waals surface area contributed by atoms with Crippen LogP contribution in [0.2, 0.25) is 0 Å². The molecule has 1 rings (SSSR count). The first-order valence-electron chi connectivity index (χ1n) is 10.00. The number of ether oxygens (including phenoxy) is 1. The molecule has 0 spiro atoms. The Kier molecular flexibility index (Phi) is 12.3. The molecule has 1 heterocycles. The molecule has 1 heteroatoms. The quantitative estimate of drug-likeness (QED) is 0.317. The number of unbranched alkanes of at least 4 members (excludes halogenated alkanes) is 10. The van der Waals surface area contributed by atoms with E-state index in [1.54, 1.807) is 0 Å². The van der Waals surface area contributed by atoms with Crippen LogP contribution in [0.15, 0.2) is 0 Å². The number of rotatable bonds is 14. The molecule has 0 N–H and O–H groups in total. The molecule has 1 aliphatic heterocycles. The largest absolute Gasteiger partial charge is 0.378 e. The van der Waals surface area contributed by atoms with Crippen molar-refractivity contribution in [2.24, 2.45) is 5.92 Å². The van der Waals surface area contributed by atoms with Gasteiger partial charge in [0.2, 0.25) is 0 Å². The smallest absolute Gasteiger partial charge is 0.0604 e. The maximum atomic E-state index is 5.99. The van der Waals surface area contributed by atoms with E-state index < -0.39 is 0 Å². The van der Waals surface area contributed by atoms with Crippen LogP contribution in [0.1, 0.15) is 110 Å². The molecule has 0 aromatic heterocycles. The van der Waals surface area contributed by atoms with Crippen LogP contribution in [0.3, 0.4) is 0 Å². The molecule has 0 saturated carbocycles. The van der Waals surface area contributed by atoms with Crippen molar-refractivity contribution in [1.29, 1.82) is 0 Å². The third-order valence-electron chi connectivity index (χ3n) is 5.12. The van der Waals surface area contributed by atoms with Gasteiger partial charge in [0.25, 0.3) is 0 Å². The van der Waals surface area contributed by atoms with Crippen LogP contribution in [0.25, 0.3) is 0 Å². The SMILES string of the molecule is CCCCCCCCC1CCOC1CCCCCCCC. The van der Waals surface area contributed by atoms with Gasteiger partial charge in [-0.2, -0.15) is 0 Å². The van der Waals surface area contributed by atoms with Gasteiger partial charge >= 0.3 is 0 Å². The summed E-state index contributed by atoms with van der Waals surface area (Å²) in [6, 6.07) is 0. The summed E-state index contributed by atoms with van der Waals surface area (Å²) >= 11 is 0. The third kappa shape index (κ3) is 9.55. The van der Waals surface area contributed by atoms with Crippen molar-refractivity contribution in [1.82, 2.24) is 0 Å². The van der Waals surface area contributed by atoms with Gasteiger partial charge in [-0.05, 0) is 25.2 Å². The van der Waals surface area contributed by atoms with E-state index in [0.717, 1.165) is 12.5 Å². The van der Waals surface area contributed by atoms with E-state index in [0.29, 0.717) is 6.10 Å². The van der Waals surface area contributed by atoms with Crippen molar-refractivity contribution in [3.8, 4) is 0 Å². The molecule has 0 radical (unpaired) electrons. The molecule has 1 saturated heterocycles. The van der Waals surface area contributed by atoms with Crippen LogP contribution in [-0.2, 0) is 4.74 Å². The van der Waals surface area contributed by atoms with E-state index in [1.165, 1.54) is 96.3 Å². The van der Waals surface area contributed by atoms with Crippen molar-refractivity contribution >= 4 is 0 Å². The van der Waals surface area contributed by atoms with Gasteiger partial charge in [0.05, 0.1) is 6.10 Å². The standard InChI is InChI=1S/C20H40O/c1-3-5-7-9-11-13-15-19-17-18-21-20(19)16-14-12-10-8-6-4-2/h19-20H,3-18H2,1-2H3. The van der Waals surface area contributed by atoms with Gasteiger partial charge in [-0.25, -0.2) is 0 Å². The molecule has 0 bridgehead atoms. The second kappa shape index (κ2) is 13.6. The third-order valence-corrected chi connectivity index (χ3v) is 5.12. The van der Waals surface area contributed by atoms with Gasteiger partial charge in [-0.15, -0.1) is 0 Å². The highest BCUT2D eigenvalue weighted by atomic mass is 16.5. The molecule has 2 unspecified atom stereocenters. The zero-order valence-corrected chi connectivity index (χ0v) is 14.9. The Balaban J connectivity index is 1.98. The monoisotopic (exact) mass is 296 g/mol. The summed E-state index contributed by atoms with van der Waals surface area (Å²) in [6.07, 6.45) is 21.7. The van der Waals surface area contributed by atoms with E-state index in [4.69, 9.17) is 4.74 Å². The first-order valence-corrected chi connectivity index (χ1v) is 10.00. The van der Waals surface area contributed by atoms with Crippen LogP contribution >= 0.6 is 0 Å². The van der Waals surface area contributed by atoms with Gasteiger partial charge in [-0.3, -0.25) is 0 Å². The normalized spacial score (nSPS) is 22.0. The van der Waals surface area contributed by atoms with Crippen molar-refractivity contribution in [2.75, 3.05) is 6.61 Å². The van der Waals surface area contributed by atoms with Gasteiger partial charge in [0, 0.05) is 6.61 Å². The fraction of sp³-hybridized carbons (Fsp3) is 1.00. The molecular weight excluding hydrogens is 256 g/mol. The lowest BCUT2D eigenvalue weighted by Gasteiger charge is -2.18. The molecule has 2 atom stereocenters. The maximum Gasteiger partial charge on any atom is 0.0604 e. The number of hydrogen-bond donors (Lipinski definition) is 0. The molecule has 126 valence electrons. The lowest BCUT2D eigenvalue weighted by atomic mass is 9.91. The van der Waals surface area contributed by atoms with Gasteiger partial charge in [0.1, 0.15) is 0 Å². The fourth-order valence-electron chi connectivity index (χ4n) is 3.65. The molecule has 0 amide bonds. The predicted molar refractivity (Wildman–Crippen MR) is 93.8 cm³/mol. The number of hydrogen-bond acceptors (Lipinski definition) is 1. The highest BCUT2D eigenvalue weighted by Gasteiger charge is 2.26. The van der Waals surface area contributed by atoms with E-state index >= 15 is 0 Å². The van der Waals surface area contributed by atoms with Crippen LogP contribution in [0, 0.1) is 5.92 Å². The van der Waals surface area contributed by atoms with Crippen LogP contribution in [-0.4, -0.2) is 12.7 Å². The Bertz CT molecular complexity index is 192. The van der Waals surface area contributed by atoms with E-state index in [2.05, 4.69) is 13.8 Å². The van der Waals surface area contributed by atoms with Gasteiger partial charge in [0.15, 0.2) is 0 Å². The minimum Gasteiger partial charge on any atom is -0.378 e. The minimum atomic E-state index is 0.604. The van der Waals surface area contributed by atoms with Gasteiger partial charge in [-0.1, -0.05) is 90.9 Å². The second-order valence-electron chi connectivity index (χ2n) is 7.07. The highest BCUT2D eigenvalue weighted by molar-refractivity contribution is 4.76.